The maximum atomic E-state index is 5.55. The summed E-state index contributed by atoms with van der Waals surface area (Å²) in [5, 5.41) is 18.8. The lowest BCUT2D eigenvalue weighted by molar-refractivity contribution is 0.303. The summed E-state index contributed by atoms with van der Waals surface area (Å²) in [5.41, 5.74) is 3.32. The van der Waals surface area contributed by atoms with Crippen molar-refractivity contribution >= 4 is 12.4 Å². The largest absolute Gasteiger partial charge is 0.496 e. The summed E-state index contributed by atoms with van der Waals surface area (Å²) in [6.07, 6.45) is 3.90. The average Bonchev–Trinajstić information content (AvgIpc) is 3.28. The lowest BCUT2D eigenvalue weighted by atomic mass is 9.92. The lowest BCUT2D eigenvalue weighted by Gasteiger charge is -2.34. The Morgan fingerprint density at radius 1 is 1.21 bits per heavy atom. The molecule has 2 aromatic carbocycles. The van der Waals surface area contributed by atoms with Crippen LogP contribution in [-0.2, 0) is 6.54 Å². The molecule has 0 radical (unpaired) electrons. The van der Waals surface area contributed by atoms with Gasteiger partial charge in [0.25, 0.3) is 0 Å². The van der Waals surface area contributed by atoms with E-state index >= 15 is 0 Å². The Morgan fingerprint density at radius 3 is 2.82 bits per heavy atom. The summed E-state index contributed by atoms with van der Waals surface area (Å²) >= 11 is 0. The highest BCUT2D eigenvalue weighted by Gasteiger charge is 2.25. The zero-order valence-electron chi connectivity index (χ0n) is 15.8. The number of nitrogens with one attached hydrogen (secondary N) is 2. The first-order valence-corrected chi connectivity index (χ1v) is 9.27. The standard InChI is InChI=1S/C20H24N6O.ClH/c1-27-19-10-9-17(26-14-23-24-25-26)12-16(19)13-22-18-8-5-11-21-20(18)15-6-3-2-4-7-15;/h2-4,6-7,9-10,12,14,18,20-22H,5,8,11,13H2,1H3;1H/t18-,20-;/m0./s1. The second kappa shape index (κ2) is 9.64. The summed E-state index contributed by atoms with van der Waals surface area (Å²) in [4.78, 5) is 0. The van der Waals surface area contributed by atoms with E-state index in [2.05, 4.69) is 62.6 Å². The third-order valence-electron chi connectivity index (χ3n) is 5.05. The average molecular weight is 401 g/mol. The fraction of sp³-hybridized carbons (Fsp3) is 0.350. The number of nitrogens with zero attached hydrogens (tertiary/aromatic N) is 4. The number of tetrazole rings is 1. The number of methoxy groups -OCH3 is 1. The van der Waals surface area contributed by atoms with Gasteiger partial charge >= 0.3 is 0 Å². The van der Waals surface area contributed by atoms with Crippen molar-refractivity contribution in [2.24, 2.45) is 0 Å². The van der Waals surface area contributed by atoms with Crippen molar-refractivity contribution in [3.05, 3.63) is 66.0 Å². The molecule has 2 atom stereocenters. The van der Waals surface area contributed by atoms with E-state index in [0.717, 1.165) is 36.5 Å². The summed E-state index contributed by atoms with van der Waals surface area (Å²) in [6.45, 7) is 1.77. The molecule has 0 aliphatic carbocycles. The highest BCUT2D eigenvalue weighted by Crippen LogP contribution is 2.26. The molecule has 28 heavy (non-hydrogen) atoms. The minimum atomic E-state index is 0. The van der Waals surface area contributed by atoms with Crippen LogP contribution >= 0.6 is 12.4 Å². The SMILES string of the molecule is COc1ccc(-n2cnnn2)cc1CN[C@H]1CCCN[C@H]1c1ccccc1.Cl. The van der Waals surface area contributed by atoms with Crippen LogP contribution in [0.1, 0.15) is 30.0 Å². The van der Waals surface area contributed by atoms with Gasteiger partial charge in [-0.05, 0) is 53.6 Å². The molecule has 3 aromatic rings. The number of hydrogen-bond acceptors (Lipinski definition) is 6. The topological polar surface area (TPSA) is 76.9 Å². The van der Waals surface area contributed by atoms with Crippen LogP contribution in [0.15, 0.2) is 54.9 Å². The van der Waals surface area contributed by atoms with E-state index in [1.54, 1.807) is 18.1 Å². The van der Waals surface area contributed by atoms with Crippen molar-refractivity contribution in [3.63, 3.8) is 0 Å². The molecule has 148 valence electrons. The highest BCUT2D eigenvalue weighted by molar-refractivity contribution is 5.85. The number of benzene rings is 2. The van der Waals surface area contributed by atoms with Gasteiger partial charge in [-0.2, -0.15) is 0 Å². The number of ether oxygens (including phenoxy) is 1. The van der Waals surface area contributed by atoms with Crippen LogP contribution in [0.3, 0.4) is 0 Å². The van der Waals surface area contributed by atoms with E-state index in [4.69, 9.17) is 4.74 Å². The summed E-state index contributed by atoms with van der Waals surface area (Å²) < 4.78 is 7.20. The molecular weight excluding hydrogens is 376 g/mol. The smallest absolute Gasteiger partial charge is 0.143 e. The minimum absolute atomic E-state index is 0. The number of hydrogen-bond donors (Lipinski definition) is 2. The quantitative estimate of drug-likeness (QED) is 0.662. The van der Waals surface area contributed by atoms with Gasteiger partial charge in [-0.3, -0.25) is 0 Å². The Bertz CT molecular complexity index is 858. The molecule has 0 bridgehead atoms. The van der Waals surface area contributed by atoms with Gasteiger partial charge in [-0.15, -0.1) is 17.5 Å². The van der Waals surface area contributed by atoms with E-state index in [9.17, 15) is 0 Å². The fourth-order valence-corrected chi connectivity index (χ4v) is 3.69. The molecule has 7 nitrogen and oxygen atoms in total. The van der Waals surface area contributed by atoms with Gasteiger partial charge in [0, 0.05) is 24.2 Å². The molecule has 0 amide bonds. The molecule has 0 unspecified atom stereocenters. The Labute approximate surface area is 170 Å². The van der Waals surface area contributed by atoms with E-state index < -0.39 is 0 Å². The molecule has 0 spiro atoms. The van der Waals surface area contributed by atoms with Crippen LogP contribution in [0.25, 0.3) is 5.69 Å². The zero-order valence-corrected chi connectivity index (χ0v) is 16.6. The van der Waals surface area contributed by atoms with Gasteiger partial charge in [-0.25, -0.2) is 4.68 Å². The van der Waals surface area contributed by atoms with Crippen molar-refractivity contribution in [1.82, 2.24) is 30.8 Å². The van der Waals surface area contributed by atoms with E-state index in [0.29, 0.717) is 12.1 Å². The monoisotopic (exact) mass is 400 g/mol. The first-order valence-electron chi connectivity index (χ1n) is 9.27. The molecule has 2 heterocycles. The third kappa shape index (κ3) is 4.49. The molecule has 1 saturated heterocycles. The van der Waals surface area contributed by atoms with Gasteiger partial charge < -0.3 is 15.4 Å². The van der Waals surface area contributed by atoms with Crippen molar-refractivity contribution in [3.8, 4) is 11.4 Å². The van der Waals surface area contributed by atoms with Gasteiger partial charge in [0.15, 0.2) is 0 Å². The minimum Gasteiger partial charge on any atom is -0.496 e. The van der Waals surface area contributed by atoms with Gasteiger partial charge in [0.1, 0.15) is 12.1 Å². The molecule has 0 saturated carbocycles. The summed E-state index contributed by atoms with van der Waals surface area (Å²) in [6, 6.07) is 17.3. The Balaban J connectivity index is 0.00000225. The van der Waals surface area contributed by atoms with E-state index in [-0.39, 0.29) is 12.4 Å². The summed E-state index contributed by atoms with van der Waals surface area (Å²) in [7, 11) is 1.70. The fourth-order valence-electron chi connectivity index (χ4n) is 3.69. The van der Waals surface area contributed by atoms with Gasteiger partial charge in [-0.1, -0.05) is 30.3 Å². The van der Waals surface area contributed by atoms with E-state index in [1.807, 2.05) is 12.1 Å². The van der Waals surface area contributed by atoms with Crippen molar-refractivity contribution in [2.75, 3.05) is 13.7 Å². The van der Waals surface area contributed by atoms with Crippen LogP contribution < -0.4 is 15.4 Å². The molecule has 1 fully saturated rings. The second-order valence-electron chi connectivity index (χ2n) is 6.72. The molecule has 4 rings (SSSR count). The lowest BCUT2D eigenvalue weighted by Crippen LogP contribution is -2.45. The van der Waals surface area contributed by atoms with Crippen molar-refractivity contribution in [2.45, 2.75) is 31.5 Å². The van der Waals surface area contributed by atoms with Crippen LogP contribution in [0.2, 0.25) is 0 Å². The first kappa shape index (κ1) is 20.3. The highest BCUT2D eigenvalue weighted by atomic mass is 35.5. The van der Waals surface area contributed by atoms with Crippen LogP contribution in [0, 0.1) is 0 Å². The molecule has 8 heteroatoms. The van der Waals surface area contributed by atoms with E-state index in [1.165, 1.54) is 12.0 Å². The first-order chi connectivity index (χ1) is 13.3. The number of aromatic nitrogens is 4. The van der Waals surface area contributed by atoms with Crippen LogP contribution in [0.4, 0.5) is 0 Å². The third-order valence-corrected chi connectivity index (χ3v) is 5.05. The Kier molecular flexibility index (Phi) is 6.97. The van der Waals surface area contributed by atoms with Crippen molar-refractivity contribution < 1.29 is 4.74 Å². The second-order valence-corrected chi connectivity index (χ2v) is 6.72. The number of piperidine rings is 1. The maximum Gasteiger partial charge on any atom is 0.143 e. The van der Waals surface area contributed by atoms with Gasteiger partial charge in [0.05, 0.1) is 12.8 Å². The molecular formula is C20H25ClN6O. The molecule has 2 N–H and O–H groups in total. The summed E-state index contributed by atoms with van der Waals surface area (Å²) in [5.74, 6) is 0.861. The Morgan fingerprint density at radius 2 is 2.07 bits per heavy atom. The van der Waals surface area contributed by atoms with Crippen molar-refractivity contribution in [1.29, 1.82) is 0 Å². The Hall–Kier alpha value is -2.48. The molecule has 1 aliphatic heterocycles. The maximum absolute atomic E-state index is 5.55. The predicted octanol–water partition coefficient (Wildman–Crippen LogP) is 2.68. The molecule has 1 aliphatic rings. The zero-order chi connectivity index (χ0) is 18.5. The van der Waals surface area contributed by atoms with Crippen LogP contribution in [0.5, 0.6) is 5.75 Å². The number of rotatable bonds is 6. The van der Waals surface area contributed by atoms with Gasteiger partial charge in [0.2, 0.25) is 0 Å². The predicted molar refractivity (Wildman–Crippen MR) is 110 cm³/mol. The normalized spacial score (nSPS) is 19.0. The number of halogens is 1. The van der Waals surface area contributed by atoms with Crippen LogP contribution in [-0.4, -0.2) is 39.9 Å². The molecule has 1 aromatic heterocycles.